The van der Waals surface area contributed by atoms with Crippen LogP contribution in [0.15, 0.2) is 66.0 Å². The number of hydrogen-bond acceptors (Lipinski definition) is 3. The molecular formula is C24H25N3O2S. The molecule has 1 N–H and O–H groups in total. The Bertz CT molecular complexity index is 1020. The summed E-state index contributed by atoms with van der Waals surface area (Å²) in [6.45, 7) is 4.64. The largest absolute Gasteiger partial charge is 0.347 e. The summed E-state index contributed by atoms with van der Waals surface area (Å²) in [5, 5.41) is 4.92. The zero-order chi connectivity index (χ0) is 20.9. The number of thiophene rings is 1. The number of urea groups is 1. The van der Waals surface area contributed by atoms with Crippen molar-refractivity contribution in [1.29, 1.82) is 0 Å². The summed E-state index contributed by atoms with van der Waals surface area (Å²) in [4.78, 5) is 30.2. The van der Waals surface area contributed by atoms with E-state index in [0.29, 0.717) is 25.2 Å². The maximum atomic E-state index is 13.0. The maximum Gasteiger partial charge on any atom is 0.324 e. The van der Waals surface area contributed by atoms with Crippen LogP contribution in [0, 0.1) is 6.92 Å². The van der Waals surface area contributed by atoms with Crippen molar-refractivity contribution in [3.05, 3.63) is 87.6 Å². The average Bonchev–Trinajstić information content (AvgIpc) is 3.27. The van der Waals surface area contributed by atoms with Crippen LogP contribution in [0.2, 0.25) is 0 Å². The molecule has 30 heavy (non-hydrogen) atoms. The number of rotatable bonds is 6. The van der Waals surface area contributed by atoms with Gasteiger partial charge in [0.05, 0.1) is 6.54 Å². The van der Waals surface area contributed by atoms with Gasteiger partial charge in [-0.1, -0.05) is 35.9 Å². The fourth-order valence-corrected chi connectivity index (χ4v) is 4.32. The SMILES string of the molecule is Cc1cccc(CN2CCCN(c3ccc(C(=O)NCc4cccs4)cc3)C2=O)c1. The van der Waals surface area contributed by atoms with Crippen molar-refractivity contribution in [3.8, 4) is 0 Å². The Morgan fingerprint density at radius 2 is 1.90 bits per heavy atom. The predicted octanol–water partition coefficient (Wildman–Crippen LogP) is 4.82. The van der Waals surface area contributed by atoms with E-state index in [-0.39, 0.29) is 11.9 Å². The standard InChI is InChI=1S/C24H25N3O2S/c1-18-5-2-6-19(15-18)17-26-12-4-13-27(24(26)29)21-10-8-20(9-11-21)23(28)25-16-22-7-3-14-30-22/h2-3,5-11,14-15H,4,12-13,16-17H2,1H3,(H,25,28). The summed E-state index contributed by atoms with van der Waals surface area (Å²) in [5.41, 5.74) is 3.75. The smallest absolute Gasteiger partial charge is 0.324 e. The van der Waals surface area contributed by atoms with E-state index in [1.807, 2.05) is 40.6 Å². The fourth-order valence-electron chi connectivity index (χ4n) is 3.67. The van der Waals surface area contributed by atoms with Gasteiger partial charge in [0.2, 0.25) is 0 Å². The van der Waals surface area contributed by atoms with Crippen molar-refractivity contribution in [2.75, 3.05) is 18.0 Å². The molecule has 2 aromatic carbocycles. The Labute approximate surface area is 180 Å². The van der Waals surface area contributed by atoms with Crippen LogP contribution < -0.4 is 10.2 Å². The van der Waals surface area contributed by atoms with Gasteiger partial charge in [0.25, 0.3) is 5.91 Å². The summed E-state index contributed by atoms with van der Waals surface area (Å²) < 4.78 is 0. The van der Waals surface area contributed by atoms with Gasteiger partial charge in [-0.2, -0.15) is 0 Å². The Kier molecular flexibility index (Phi) is 6.14. The van der Waals surface area contributed by atoms with E-state index in [9.17, 15) is 9.59 Å². The Hall–Kier alpha value is -3.12. The van der Waals surface area contributed by atoms with Gasteiger partial charge in [-0.15, -0.1) is 11.3 Å². The molecule has 1 aliphatic heterocycles. The van der Waals surface area contributed by atoms with E-state index >= 15 is 0 Å². The van der Waals surface area contributed by atoms with E-state index in [2.05, 4.69) is 30.4 Å². The molecule has 1 aliphatic rings. The third-order valence-electron chi connectivity index (χ3n) is 5.21. The van der Waals surface area contributed by atoms with Crippen LogP contribution in [0.5, 0.6) is 0 Å². The van der Waals surface area contributed by atoms with E-state index in [4.69, 9.17) is 0 Å². The van der Waals surface area contributed by atoms with E-state index < -0.39 is 0 Å². The van der Waals surface area contributed by atoms with Gasteiger partial charge in [0.15, 0.2) is 0 Å². The molecule has 2 heterocycles. The van der Waals surface area contributed by atoms with Crippen molar-refractivity contribution in [1.82, 2.24) is 10.2 Å². The topological polar surface area (TPSA) is 52.6 Å². The highest BCUT2D eigenvalue weighted by Gasteiger charge is 2.26. The quantitative estimate of drug-likeness (QED) is 0.623. The number of nitrogens with one attached hydrogen (secondary N) is 1. The first-order chi connectivity index (χ1) is 14.6. The molecule has 1 fully saturated rings. The van der Waals surface area contributed by atoms with Gasteiger partial charge in [-0.3, -0.25) is 9.69 Å². The first kappa shape index (κ1) is 20.2. The third kappa shape index (κ3) is 4.71. The summed E-state index contributed by atoms with van der Waals surface area (Å²) in [7, 11) is 0. The number of anilines is 1. The second-order valence-corrected chi connectivity index (χ2v) is 8.54. The Balaban J connectivity index is 1.40. The molecule has 3 aromatic rings. The number of nitrogens with zero attached hydrogens (tertiary/aromatic N) is 2. The first-order valence-corrected chi connectivity index (χ1v) is 11.0. The van der Waals surface area contributed by atoms with Gasteiger partial charge in [-0.25, -0.2) is 4.79 Å². The highest BCUT2D eigenvalue weighted by Crippen LogP contribution is 2.22. The molecule has 0 atom stereocenters. The molecule has 0 bridgehead atoms. The third-order valence-corrected chi connectivity index (χ3v) is 6.09. The molecule has 0 unspecified atom stereocenters. The van der Waals surface area contributed by atoms with Crippen molar-refractivity contribution in [2.45, 2.75) is 26.4 Å². The predicted molar refractivity (Wildman–Crippen MR) is 121 cm³/mol. The van der Waals surface area contributed by atoms with E-state index in [0.717, 1.165) is 29.1 Å². The van der Waals surface area contributed by atoms with Gasteiger partial charge in [0.1, 0.15) is 0 Å². The summed E-state index contributed by atoms with van der Waals surface area (Å²) in [6, 6.07) is 19.5. The zero-order valence-electron chi connectivity index (χ0n) is 17.0. The molecule has 0 saturated carbocycles. The van der Waals surface area contributed by atoms with Crippen LogP contribution in [0.25, 0.3) is 0 Å². The minimum atomic E-state index is -0.110. The van der Waals surface area contributed by atoms with Crippen LogP contribution in [0.4, 0.5) is 10.5 Å². The van der Waals surface area contributed by atoms with Crippen LogP contribution in [0.1, 0.15) is 32.8 Å². The highest BCUT2D eigenvalue weighted by atomic mass is 32.1. The first-order valence-electron chi connectivity index (χ1n) is 10.1. The molecule has 3 amide bonds. The number of aryl methyl sites for hydroxylation is 1. The molecule has 6 heteroatoms. The molecule has 0 aliphatic carbocycles. The van der Waals surface area contributed by atoms with E-state index in [1.165, 1.54) is 5.56 Å². The normalized spacial score (nSPS) is 14.1. The molecular weight excluding hydrogens is 394 g/mol. The highest BCUT2D eigenvalue weighted by molar-refractivity contribution is 7.09. The lowest BCUT2D eigenvalue weighted by atomic mass is 10.1. The van der Waals surface area contributed by atoms with Crippen LogP contribution in [0.3, 0.4) is 0 Å². The minimum absolute atomic E-state index is 0.0117. The second kappa shape index (κ2) is 9.13. The van der Waals surface area contributed by atoms with Crippen molar-refractivity contribution < 1.29 is 9.59 Å². The lowest BCUT2D eigenvalue weighted by Gasteiger charge is -2.35. The summed E-state index contributed by atoms with van der Waals surface area (Å²) >= 11 is 1.62. The lowest BCUT2D eigenvalue weighted by Crippen LogP contribution is -2.49. The molecule has 1 aromatic heterocycles. The van der Waals surface area contributed by atoms with Gasteiger partial charge >= 0.3 is 6.03 Å². The van der Waals surface area contributed by atoms with Crippen molar-refractivity contribution in [2.24, 2.45) is 0 Å². The Morgan fingerprint density at radius 3 is 2.63 bits per heavy atom. The van der Waals surface area contributed by atoms with E-state index in [1.54, 1.807) is 28.4 Å². The fraction of sp³-hybridized carbons (Fsp3) is 0.250. The van der Waals surface area contributed by atoms with Gasteiger partial charge < -0.3 is 10.2 Å². The number of benzene rings is 2. The number of carbonyl (C=O) groups excluding carboxylic acids is 2. The molecule has 5 nitrogen and oxygen atoms in total. The number of hydrogen-bond donors (Lipinski definition) is 1. The van der Waals surface area contributed by atoms with Crippen LogP contribution in [-0.4, -0.2) is 29.9 Å². The summed E-state index contributed by atoms with van der Waals surface area (Å²) in [5.74, 6) is -0.110. The number of amides is 3. The average molecular weight is 420 g/mol. The Morgan fingerprint density at radius 1 is 1.07 bits per heavy atom. The maximum absolute atomic E-state index is 13.0. The zero-order valence-corrected chi connectivity index (χ0v) is 17.8. The molecule has 0 radical (unpaired) electrons. The minimum Gasteiger partial charge on any atom is -0.347 e. The van der Waals surface area contributed by atoms with Crippen LogP contribution >= 0.6 is 11.3 Å². The molecule has 4 rings (SSSR count). The second-order valence-electron chi connectivity index (χ2n) is 7.51. The van der Waals surface area contributed by atoms with Gasteiger partial charge in [0, 0.05) is 35.8 Å². The molecule has 1 saturated heterocycles. The van der Waals surface area contributed by atoms with Crippen LogP contribution in [-0.2, 0) is 13.1 Å². The summed E-state index contributed by atoms with van der Waals surface area (Å²) in [6.07, 6.45) is 0.917. The number of carbonyl (C=O) groups is 2. The lowest BCUT2D eigenvalue weighted by molar-refractivity contribution is 0.0951. The monoisotopic (exact) mass is 419 g/mol. The molecule has 154 valence electrons. The molecule has 0 spiro atoms. The van der Waals surface area contributed by atoms with Gasteiger partial charge in [-0.05, 0) is 54.6 Å². The van der Waals surface area contributed by atoms with Crippen molar-refractivity contribution in [3.63, 3.8) is 0 Å². The van der Waals surface area contributed by atoms with Crippen molar-refractivity contribution >= 4 is 29.0 Å².